The van der Waals surface area contributed by atoms with Crippen LogP contribution in [0, 0.1) is 0 Å². The second-order valence-electron chi connectivity index (χ2n) is 3.20. The van der Waals surface area contributed by atoms with E-state index < -0.39 is 0 Å². The predicted molar refractivity (Wildman–Crippen MR) is 65.7 cm³/mol. The van der Waals surface area contributed by atoms with Crippen LogP contribution >= 0.6 is 11.8 Å². The molecule has 2 aromatic rings. The molecule has 0 bridgehead atoms. The smallest absolute Gasteiger partial charge is 0.251 e. The van der Waals surface area contributed by atoms with E-state index in [4.69, 9.17) is 10.9 Å². The maximum Gasteiger partial charge on any atom is 0.251 e. The van der Waals surface area contributed by atoms with Gasteiger partial charge in [-0.3, -0.25) is 9.78 Å². The molecule has 0 fully saturated rings. The van der Waals surface area contributed by atoms with Crippen LogP contribution in [0.1, 0.15) is 5.69 Å². The topological polar surface area (TPSA) is 117 Å². The van der Waals surface area contributed by atoms with Gasteiger partial charge in [-0.15, -0.1) is 0 Å². The minimum atomic E-state index is -0.224. The normalized spacial score (nSPS) is 11.4. The van der Waals surface area contributed by atoms with Gasteiger partial charge >= 0.3 is 0 Å². The maximum absolute atomic E-state index is 11.1. The first kappa shape index (κ1) is 12.1. The van der Waals surface area contributed by atoms with Crippen LogP contribution in [0.15, 0.2) is 50.6 Å². The number of nitrogens with one attached hydrogen (secondary N) is 1. The van der Waals surface area contributed by atoms with Crippen LogP contribution in [-0.2, 0) is 0 Å². The zero-order valence-corrected chi connectivity index (χ0v) is 9.89. The molecule has 0 unspecified atom stereocenters. The summed E-state index contributed by atoms with van der Waals surface area (Å²) in [6.45, 7) is 0. The Morgan fingerprint density at radius 1 is 1.39 bits per heavy atom. The number of aromatic nitrogens is 3. The van der Waals surface area contributed by atoms with Crippen molar-refractivity contribution in [1.29, 1.82) is 0 Å². The molecule has 0 atom stereocenters. The van der Waals surface area contributed by atoms with Crippen molar-refractivity contribution < 1.29 is 5.21 Å². The highest BCUT2D eigenvalue weighted by Gasteiger charge is 2.04. The number of H-pyrrole nitrogens is 1. The first-order chi connectivity index (χ1) is 8.69. The van der Waals surface area contributed by atoms with E-state index in [0.717, 1.165) is 4.90 Å². The van der Waals surface area contributed by atoms with Crippen molar-refractivity contribution >= 4 is 17.6 Å². The van der Waals surface area contributed by atoms with Gasteiger partial charge in [0.1, 0.15) is 5.69 Å². The molecule has 0 saturated carbocycles. The molecule has 18 heavy (non-hydrogen) atoms. The summed E-state index contributed by atoms with van der Waals surface area (Å²) in [6, 6.07) is 4.69. The molecule has 4 N–H and O–H groups in total. The highest BCUT2D eigenvalue weighted by atomic mass is 32.2. The Kier molecular flexibility index (Phi) is 3.58. The van der Waals surface area contributed by atoms with E-state index in [1.165, 1.54) is 30.2 Å². The van der Waals surface area contributed by atoms with E-state index in [0.29, 0.717) is 10.9 Å². The van der Waals surface area contributed by atoms with E-state index in [1.54, 1.807) is 12.1 Å². The Hall–Kier alpha value is -2.35. The SMILES string of the molecule is NC(=NO)c1cc(Sc2nccc(=O)[nH]2)ccn1. The molecule has 0 saturated heterocycles. The standard InChI is InChI=1S/C10H9N5O2S/c11-9(15-17)7-5-6(1-3-12-7)18-10-13-4-2-8(16)14-10/h1-5,17H,(H2,11,15)(H,13,14,16). The Balaban J connectivity index is 2.27. The molecule has 0 radical (unpaired) electrons. The molecule has 2 aromatic heterocycles. The van der Waals surface area contributed by atoms with Crippen molar-refractivity contribution in [2.24, 2.45) is 10.9 Å². The Morgan fingerprint density at radius 3 is 2.89 bits per heavy atom. The van der Waals surface area contributed by atoms with E-state index in [-0.39, 0.29) is 11.4 Å². The summed E-state index contributed by atoms with van der Waals surface area (Å²) >= 11 is 1.24. The molecule has 0 aliphatic heterocycles. The van der Waals surface area contributed by atoms with Gasteiger partial charge in [-0.2, -0.15) is 0 Å². The van der Waals surface area contributed by atoms with Gasteiger partial charge in [0.2, 0.25) is 0 Å². The van der Waals surface area contributed by atoms with Gasteiger partial charge in [0.15, 0.2) is 11.0 Å². The Morgan fingerprint density at radius 2 is 2.17 bits per heavy atom. The molecule has 0 aromatic carbocycles. The van der Waals surface area contributed by atoms with Gasteiger partial charge in [-0.25, -0.2) is 4.98 Å². The highest BCUT2D eigenvalue weighted by molar-refractivity contribution is 7.99. The average Bonchev–Trinajstić information content (AvgIpc) is 2.38. The predicted octanol–water partition coefficient (Wildman–Crippen LogP) is 0.411. The molecule has 0 amide bonds. The van der Waals surface area contributed by atoms with Crippen LogP contribution in [0.3, 0.4) is 0 Å². The Bertz CT molecular complexity index is 640. The minimum Gasteiger partial charge on any atom is -0.409 e. The number of nitrogens with two attached hydrogens (primary N) is 1. The van der Waals surface area contributed by atoms with Gasteiger partial charge in [0, 0.05) is 23.4 Å². The van der Waals surface area contributed by atoms with Gasteiger partial charge in [0.25, 0.3) is 5.56 Å². The lowest BCUT2D eigenvalue weighted by Crippen LogP contribution is -2.14. The quantitative estimate of drug-likeness (QED) is 0.243. The van der Waals surface area contributed by atoms with Crippen molar-refractivity contribution in [3.63, 3.8) is 0 Å². The molecule has 0 spiro atoms. The number of hydrogen-bond acceptors (Lipinski definition) is 6. The third-order valence-electron chi connectivity index (χ3n) is 1.96. The van der Waals surface area contributed by atoms with Gasteiger partial charge < -0.3 is 15.9 Å². The van der Waals surface area contributed by atoms with E-state index in [1.807, 2.05) is 0 Å². The lowest BCUT2D eigenvalue weighted by atomic mass is 10.3. The summed E-state index contributed by atoms with van der Waals surface area (Å²) in [5.41, 5.74) is 5.56. The number of amidine groups is 1. The molecule has 92 valence electrons. The van der Waals surface area contributed by atoms with Gasteiger partial charge in [-0.1, -0.05) is 16.9 Å². The van der Waals surface area contributed by atoms with Crippen LogP contribution in [0.2, 0.25) is 0 Å². The van der Waals surface area contributed by atoms with Crippen molar-refractivity contribution in [2.75, 3.05) is 0 Å². The Labute approximate surface area is 106 Å². The van der Waals surface area contributed by atoms with E-state index >= 15 is 0 Å². The fourth-order valence-corrected chi connectivity index (χ4v) is 1.97. The molecule has 2 rings (SSSR count). The average molecular weight is 263 g/mol. The molecule has 0 aliphatic carbocycles. The van der Waals surface area contributed by atoms with Crippen molar-refractivity contribution in [2.45, 2.75) is 10.1 Å². The van der Waals surface area contributed by atoms with Gasteiger partial charge in [-0.05, 0) is 12.1 Å². The van der Waals surface area contributed by atoms with Crippen LogP contribution in [0.25, 0.3) is 0 Å². The molecule has 0 aliphatic rings. The molecule has 8 heteroatoms. The number of aromatic amines is 1. The van der Waals surface area contributed by atoms with E-state index in [2.05, 4.69) is 20.1 Å². The summed E-state index contributed by atoms with van der Waals surface area (Å²) in [6.07, 6.45) is 2.95. The molecule has 7 nitrogen and oxygen atoms in total. The van der Waals surface area contributed by atoms with Crippen LogP contribution in [0.5, 0.6) is 0 Å². The first-order valence-electron chi connectivity index (χ1n) is 4.86. The summed E-state index contributed by atoms with van der Waals surface area (Å²) in [7, 11) is 0. The summed E-state index contributed by atoms with van der Waals surface area (Å²) in [4.78, 5) is 22.4. The number of oxime groups is 1. The van der Waals surface area contributed by atoms with Crippen LogP contribution < -0.4 is 11.3 Å². The van der Waals surface area contributed by atoms with Crippen LogP contribution in [0.4, 0.5) is 0 Å². The summed E-state index contributed by atoms with van der Waals surface area (Å²) in [5.74, 6) is -0.0769. The van der Waals surface area contributed by atoms with E-state index in [9.17, 15) is 4.79 Å². The fourth-order valence-electron chi connectivity index (χ4n) is 1.18. The lowest BCUT2D eigenvalue weighted by Gasteiger charge is -2.02. The second kappa shape index (κ2) is 5.32. The third-order valence-corrected chi connectivity index (χ3v) is 2.85. The first-order valence-corrected chi connectivity index (χ1v) is 5.68. The maximum atomic E-state index is 11.1. The fraction of sp³-hybridized carbons (Fsp3) is 0. The lowest BCUT2D eigenvalue weighted by molar-refractivity contribution is 0.318. The van der Waals surface area contributed by atoms with Crippen molar-refractivity contribution in [3.8, 4) is 0 Å². The zero-order chi connectivity index (χ0) is 13.0. The van der Waals surface area contributed by atoms with Gasteiger partial charge in [0.05, 0.1) is 0 Å². The number of nitrogens with zero attached hydrogens (tertiary/aromatic N) is 3. The number of hydrogen-bond donors (Lipinski definition) is 3. The van der Waals surface area contributed by atoms with Crippen molar-refractivity contribution in [1.82, 2.24) is 15.0 Å². The van der Waals surface area contributed by atoms with Crippen molar-refractivity contribution in [3.05, 3.63) is 46.6 Å². The molecular weight excluding hydrogens is 254 g/mol. The monoisotopic (exact) mass is 263 g/mol. The van der Waals surface area contributed by atoms with Crippen LogP contribution in [-0.4, -0.2) is 26.0 Å². The summed E-state index contributed by atoms with van der Waals surface area (Å²) < 4.78 is 0. The molecule has 2 heterocycles. The molecular formula is C10H9N5O2S. The largest absolute Gasteiger partial charge is 0.409 e. The third kappa shape index (κ3) is 2.86. The summed E-state index contributed by atoms with van der Waals surface area (Å²) in [5, 5.41) is 11.9. The minimum absolute atomic E-state index is 0.0769. The second-order valence-corrected chi connectivity index (χ2v) is 4.27. The zero-order valence-electron chi connectivity index (χ0n) is 9.07. The number of pyridine rings is 1. The number of rotatable bonds is 3. The highest BCUT2D eigenvalue weighted by Crippen LogP contribution is 2.23.